The van der Waals surface area contributed by atoms with Crippen molar-refractivity contribution in [2.75, 3.05) is 32.7 Å². The summed E-state index contributed by atoms with van der Waals surface area (Å²) < 4.78 is 23.6. The first-order chi connectivity index (χ1) is 8.89. The molecule has 0 aliphatic carbocycles. The average molecular weight is 290 g/mol. The molecule has 8 heteroatoms. The van der Waals surface area contributed by atoms with Crippen molar-refractivity contribution in [2.24, 2.45) is 11.1 Å². The number of nitrogens with zero attached hydrogens (tertiary/aromatic N) is 2. The molecule has 2 unspecified atom stereocenters. The minimum absolute atomic E-state index is 0.0845. The number of piperazine rings is 1. The van der Waals surface area contributed by atoms with Crippen molar-refractivity contribution in [1.29, 1.82) is 0 Å². The largest absolute Gasteiger partial charge is 0.339 e. The zero-order chi connectivity index (χ0) is 14.0. The smallest absolute Gasteiger partial charge is 0.277 e. The topological polar surface area (TPSA) is 95.7 Å². The number of nitrogens with two attached hydrogens (primary N) is 1. The summed E-state index contributed by atoms with van der Waals surface area (Å²) in [5, 5.41) is 8.34. The van der Waals surface area contributed by atoms with Gasteiger partial charge in [0.1, 0.15) is 0 Å². The summed E-state index contributed by atoms with van der Waals surface area (Å²) in [7, 11) is -3.63. The van der Waals surface area contributed by atoms with Crippen LogP contribution in [0.3, 0.4) is 0 Å². The molecule has 0 radical (unpaired) electrons. The Morgan fingerprint density at radius 3 is 2.42 bits per heavy atom. The Balaban J connectivity index is 1.92. The molecule has 0 spiro atoms. The van der Waals surface area contributed by atoms with Crippen LogP contribution in [0.5, 0.6) is 0 Å². The van der Waals surface area contributed by atoms with Crippen LogP contribution in [-0.2, 0) is 15.0 Å². The van der Waals surface area contributed by atoms with Gasteiger partial charge in [-0.15, -0.1) is 0 Å². The zero-order valence-corrected chi connectivity index (χ0v) is 12.0. The van der Waals surface area contributed by atoms with Gasteiger partial charge in [-0.25, -0.2) is 5.14 Å². The van der Waals surface area contributed by atoms with Gasteiger partial charge in [0.2, 0.25) is 5.91 Å². The predicted octanol–water partition coefficient (Wildman–Crippen LogP) is -1.28. The second kappa shape index (κ2) is 5.74. The fourth-order valence-electron chi connectivity index (χ4n) is 2.74. The number of piperidine rings is 1. The molecule has 110 valence electrons. The molecule has 7 nitrogen and oxygen atoms in total. The molecule has 2 aliphatic rings. The number of carbonyl (C=O) groups excluding carboxylic acids is 1. The first-order valence-corrected chi connectivity index (χ1v) is 8.20. The zero-order valence-electron chi connectivity index (χ0n) is 11.2. The molecule has 2 atom stereocenters. The highest BCUT2D eigenvalue weighted by Crippen LogP contribution is 2.18. The standard InChI is InChI=1S/C11H22N4O3S/c1-9-3-2-4-13-10(9)11(16)14-5-7-15(8-6-14)19(12,17)18/h9-10,13H,2-8H2,1H3,(H2,12,17,18). The van der Waals surface area contributed by atoms with E-state index in [0.717, 1.165) is 19.4 Å². The lowest BCUT2D eigenvalue weighted by Crippen LogP contribution is -2.58. The van der Waals surface area contributed by atoms with Gasteiger partial charge in [-0.05, 0) is 25.3 Å². The Bertz CT molecular complexity index is 431. The van der Waals surface area contributed by atoms with E-state index in [1.807, 2.05) is 0 Å². The maximum Gasteiger partial charge on any atom is 0.277 e. The van der Waals surface area contributed by atoms with Gasteiger partial charge in [0.05, 0.1) is 6.04 Å². The van der Waals surface area contributed by atoms with Gasteiger partial charge in [0.25, 0.3) is 10.2 Å². The van der Waals surface area contributed by atoms with E-state index in [9.17, 15) is 13.2 Å². The van der Waals surface area contributed by atoms with Crippen LogP contribution in [0, 0.1) is 5.92 Å². The normalized spacial score (nSPS) is 30.3. The predicted molar refractivity (Wildman–Crippen MR) is 71.4 cm³/mol. The summed E-state index contributed by atoms with van der Waals surface area (Å²) in [5.41, 5.74) is 0. The van der Waals surface area contributed by atoms with Crippen molar-refractivity contribution in [3.8, 4) is 0 Å². The molecule has 1 amide bonds. The number of amides is 1. The third-order valence-electron chi connectivity index (χ3n) is 3.95. The van der Waals surface area contributed by atoms with Crippen LogP contribution in [0.4, 0.5) is 0 Å². The van der Waals surface area contributed by atoms with Gasteiger partial charge in [-0.1, -0.05) is 6.92 Å². The third kappa shape index (κ3) is 3.44. The van der Waals surface area contributed by atoms with Gasteiger partial charge in [-0.2, -0.15) is 12.7 Å². The molecule has 2 fully saturated rings. The molecule has 3 N–H and O–H groups in total. The Hall–Kier alpha value is -0.700. The molecule has 0 aromatic carbocycles. The van der Waals surface area contributed by atoms with E-state index < -0.39 is 10.2 Å². The van der Waals surface area contributed by atoms with Gasteiger partial charge in [0, 0.05) is 26.2 Å². The Labute approximate surface area is 114 Å². The number of nitrogens with one attached hydrogen (secondary N) is 1. The summed E-state index contributed by atoms with van der Waals surface area (Å²) in [6.07, 6.45) is 2.16. The van der Waals surface area contributed by atoms with Crippen molar-refractivity contribution >= 4 is 16.1 Å². The van der Waals surface area contributed by atoms with E-state index in [4.69, 9.17) is 5.14 Å². The third-order valence-corrected chi connectivity index (χ3v) is 5.03. The van der Waals surface area contributed by atoms with Crippen molar-refractivity contribution in [3.05, 3.63) is 0 Å². The summed E-state index contributed by atoms with van der Waals surface area (Å²) in [6, 6.07) is -0.130. The highest BCUT2D eigenvalue weighted by molar-refractivity contribution is 7.86. The van der Waals surface area contributed by atoms with Crippen LogP contribution in [-0.4, -0.2) is 62.3 Å². The molecule has 2 aliphatic heterocycles. The van der Waals surface area contributed by atoms with Crippen LogP contribution in [0.2, 0.25) is 0 Å². The minimum atomic E-state index is -3.63. The van der Waals surface area contributed by atoms with Gasteiger partial charge < -0.3 is 10.2 Å². The van der Waals surface area contributed by atoms with E-state index in [-0.39, 0.29) is 25.0 Å². The van der Waals surface area contributed by atoms with E-state index in [2.05, 4.69) is 12.2 Å². The van der Waals surface area contributed by atoms with Crippen molar-refractivity contribution in [2.45, 2.75) is 25.8 Å². The van der Waals surface area contributed by atoms with E-state index in [0.29, 0.717) is 19.0 Å². The lowest BCUT2D eigenvalue weighted by molar-refractivity contribution is -0.136. The summed E-state index contributed by atoms with van der Waals surface area (Å²) >= 11 is 0. The molecule has 0 saturated carbocycles. The van der Waals surface area contributed by atoms with Crippen LogP contribution in [0.25, 0.3) is 0 Å². The Morgan fingerprint density at radius 2 is 1.89 bits per heavy atom. The molecule has 2 saturated heterocycles. The number of carbonyl (C=O) groups is 1. The van der Waals surface area contributed by atoms with Gasteiger partial charge in [-0.3, -0.25) is 4.79 Å². The van der Waals surface area contributed by atoms with Crippen LogP contribution >= 0.6 is 0 Å². The maximum absolute atomic E-state index is 12.4. The lowest BCUT2D eigenvalue weighted by Gasteiger charge is -2.37. The average Bonchev–Trinajstić information content (AvgIpc) is 2.38. The monoisotopic (exact) mass is 290 g/mol. The first kappa shape index (κ1) is 14.7. The summed E-state index contributed by atoms with van der Waals surface area (Å²) in [5.74, 6) is 0.416. The highest BCUT2D eigenvalue weighted by Gasteiger charge is 2.33. The van der Waals surface area contributed by atoms with Crippen molar-refractivity contribution in [3.63, 3.8) is 0 Å². The maximum atomic E-state index is 12.4. The van der Waals surface area contributed by atoms with Crippen molar-refractivity contribution < 1.29 is 13.2 Å². The molecule has 0 aromatic heterocycles. The SMILES string of the molecule is CC1CCCNC1C(=O)N1CCN(S(N)(=O)=O)CC1. The van der Waals surface area contributed by atoms with Gasteiger partial charge >= 0.3 is 0 Å². The van der Waals surface area contributed by atoms with Crippen LogP contribution < -0.4 is 10.5 Å². The Kier molecular flexibility index (Phi) is 4.44. The second-order valence-corrected chi connectivity index (χ2v) is 6.87. The van der Waals surface area contributed by atoms with E-state index in [1.54, 1.807) is 4.90 Å². The van der Waals surface area contributed by atoms with Crippen LogP contribution in [0.15, 0.2) is 0 Å². The number of hydrogen-bond donors (Lipinski definition) is 2. The quantitative estimate of drug-likeness (QED) is 0.662. The molecule has 19 heavy (non-hydrogen) atoms. The highest BCUT2D eigenvalue weighted by atomic mass is 32.2. The first-order valence-electron chi connectivity index (χ1n) is 6.69. The second-order valence-electron chi connectivity index (χ2n) is 5.32. The fraction of sp³-hybridized carbons (Fsp3) is 0.909. The van der Waals surface area contributed by atoms with Gasteiger partial charge in [0.15, 0.2) is 0 Å². The number of hydrogen-bond acceptors (Lipinski definition) is 4. The van der Waals surface area contributed by atoms with E-state index >= 15 is 0 Å². The molecule has 2 rings (SSSR count). The lowest BCUT2D eigenvalue weighted by atomic mass is 9.91. The number of rotatable bonds is 2. The molecular formula is C11H22N4O3S. The summed E-state index contributed by atoms with van der Waals surface area (Å²) in [6.45, 7) is 4.35. The van der Waals surface area contributed by atoms with Crippen molar-refractivity contribution in [1.82, 2.24) is 14.5 Å². The molecule has 2 heterocycles. The van der Waals surface area contributed by atoms with E-state index in [1.165, 1.54) is 4.31 Å². The molecule has 0 bridgehead atoms. The molecular weight excluding hydrogens is 268 g/mol. The minimum Gasteiger partial charge on any atom is -0.339 e. The van der Waals surface area contributed by atoms with Crippen LogP contribution in [0.1, 0.15) is 19.8 Å². The Morgan fingerprint density at radius 1 is 1.26 bits per heavy atom. The summed E-state index contributed by atoms with van der Waals surface area (Å²) in [4.78, 5) is 14.1. The molecule has 0 aromatic rings. The fourth-order valence-corrected chi connectivity index (χ4v) is 3.41.